The van der Waals surface area contributed by atoms with Crippen molar-refractivity contribution < 1.29 is 17.8 Å². The van der Waals surface area contributed by atoms with Crippen LogP contribution in [0, 0.1) is 11.6 Å². The first-order valence-electron chi connectivity index (χ1n) is 6.09. The SMILES string of the molecule is CCCCOP(=S)(OCC(Br)(Br)Br)c1ccc(F)cc1F. The van der Waals surface area contributed by atoms with Crippen molar-refractivity contribution >= 4 is 71.4 Å². The van der Waals surface area contributed by atoms with Gasteiger partial charge in [0.25, 0.3) is 0 Å². The van der Waals surface area contributed by atoms with Crippen molar-refractivity contribution in [2.24, 2.45) is 0 Å². The Labute approximate surface area is 153 Å². The zero-order valence-corrected chi connectivity index (χ0v) is 17.6. The Bertz CT molecular complexity index is 526. The Kier molecular flexibility index (Phi) is 8.44. The van der Waals surface area contributed by atoms with Crippen LogP contribution in [0.5, 0.6) is 0 Å². The summed E-state index contributed by atoms with van der Waals surface area (Å²) in [5.41, 5.74) is 0. The van der Waals surface area contributed by atoms with Crippen LogP contribution in [0.25, 0.3) is 0 Å². The topological polar surface area (TPSA) is 18.5 Å². The van der Waals surface area contributed by atoms with E-state index in [1.807, 2.05) is 6.92 Å². The van der Waals surface area contributed by atoms with Crippen molar-refractivity contribution in [2.45, 2.75) is 21.9 Å². The number of hydrogen-bond donors (Lipinski definition) is 0. The highest BCUT2D eigenvalue weighted by Crippen LogP contribution is 2.50. The Morgan fingerprint density at radius 3 is 2.43 bits per heavy atom. The van der Waals surface area contributed by atoms with Crippen LogP contribution in [-0.2, 0) is 20.9 Å². The van der Waals surface area contributed by atoms with Gasteiger partial charge in [0.1, 0.15) is 11.6 Å². The van der Waals surface area contributed by atoms with E-state index in [2.05, 4.69) is 47.8 Å². The van der Waals surface area contributed by atoms with Gasteiger partial charge in [-0.15, -0.1) is 0 Å². The summed E-state index contributed by atoms with van der Waals surface area (Å²) in [6.07, 6.45) is 1.70. The van der Waals surface area contributed by atoms with Crippen LogP contribution >= 0.6 is 54.3 Å². The molecule has 0 fully saturated rings. The first-order valence-corrected chi connectivity index (χ1v) is 11.1. The molecule has 21 heavy (non-hydrogen) atoms. The molecule has 0 N–H and O–H groups in total. The van der Waals surface area contributed by atoms with Crippen LogP contribution in [0.1, 0.15) is 19.8 Å². The molecule has 0 amide bonds. The van der Waals surface area contributed by atoms with E-state index in [9.17, 15) is 8.78 Å². The molecule has 1 aromatic rings. The van der Waals surface area contributed by atoms with Gasteiger partial charge in [0.05, 0.1) is 18.5 Å². The van der Waals surface area contributed by atoms with E-state index in [1.165, 1.54) is 6.07 Å². The lowest BCUT2D eigenvalue weighted by atomic mass is 10.3. The molecule has 0 heterocycles. The van der Waals surface area contributed by atoms with E-state index in [0.29, 0.717) is 6.61 Å². The highest BCUT2D eigenvalue weighted by Gasteiger charge is 2.30. The lowest BCUT2D eigenvalue weighted by Gasteiger charge is -2.25. The Morgan fingerprint density at radius 2 is 1.90 bits per heavy atom. The Balaban J connectivity index is 3.02. The van der Waals surface area contributed by atoms with Crippen LogP contribution in [0.2, 0.25) is 0 Å². The summed E-state index contributed by atoms with van der Waals surface area (Å²) < 4.78 is 37.7. The molecule has 0 aliphatic heterocycles. The van der Waals surface area contributed by atoms with E-state index in [-0.39, 0.29) is 11.9 Å². The lowest BCUT2D eigenvalue weighted by molar-refractivity contribution is 0.257. The summed E-state index contributed by atoms with van der Waals surface area (Å²) in [6, 6.07) is 3.22. The van der Waals surface area contributed by atoms with Crippen LogP contribution in [0.3, 0.4) is 0 Å². The normalized spacial score (nSPS) is 15.0. The molecular weight excluding hydrogens is 517 g/mol. The molecule has 120 valence electrons. The van der Waals surface area contributed by atoms with E-state index in [4.69, 9.17) is 20.9 Å². The Morgan fingerprint density at radius 1 is 1.24 bits per heavy atom. The van der Waals surface area contributed by atoms with Gasteiger partial charge in [-0.25, -0.2) is 8.78 Å². The number of hydrogen-bond acceptors (Lipinski definition) is 3. The second-order valence-electron chi connectivity index (χ2n) is 4.17. The molecule has 1 rings (SSSR count). The summed E-state index contributed by atoms with van der Waals surface area (Å²) in [7, 11) is 0. The summed E-state index contributed by atoms with van der Waals surface area (Å²) in [4.78, 5) is 0. The first kappa shape index (κ1) is 20.1. The molecule has 1 aromatic carbocycles. The van der Waals surface area contributed by atoms with E-state index >= 15 is 0 Å². The zero-order chi connectivity index (χ0) is 16.1. The van der Waals surface area contributed by atoms with Crippen LogP contribution in [0.4, 0.5) is 8.78 Å². The molecular formula is C12H14Br3F2O2PS. The highest BCUT2D eigenvalue weighted by molar-refractivity contribution is 9.39. The molecule has 0 spiro atoms. The minimum absolute atomic E-state index is 0.0896. The number of benzene rings is 1. The third-order valence-corrected chi connectivity index (χ3v) is 6.22. The molecule has 0 aliphatic carbocycles. The van der Waals surface area contributed by atoms with Crippen molar-refractivity contribution in [3.63, 3.8) is 0 Å². The minimum atomic E-state index is -3.05. The number of unbranched alkanes of at least 4 members (excludes halogenated alkanes) is 1. The maximum absolute atomic E-state index is 14.0. The molecule has 0 aliphatic rings. The van der Waals surface area contributed by atoms with Crippen LogP contribution < -0.4 is 5.30 Å². The smallest absolute Gasteiger partial charge is 0.222 e. The molecule has 0 bridgehead atoms. The Hall–Kier alpha value is 1.09. The van der Waals surface area contributed by atoms with Gasteiger partial charge in [0.15, 0.2) is 2.14 Å². The fourth-order valence-corrected chi connectivity index (χ4v) is 4.74. The molecule has 9 heteroatoms. The molecule has 1 atom stereocenters. The number of alkyl halides is 3. The van der Waals surface area contributed by atoms with Gasteiger partial charge in [-0.1, -0.05) is 61.1 Å². The van der Waals surface area contributed by atoms with Crippen molar-refractivity contribution in [1.29, 1.82) is 0 Å². The fraction of sp³-hybridized carbons (Fsp3) is 0.500. The lowest BCUT2D eigenvalue weighted by Crippen LogP contribution is -2.19. The first-order chi connectivity index (χ1) is 9.68. The van der Waals surface area contributed by atoms with Gasteiger partial charge in [0, 0.05) is 6.07 Å². The fourth-order valence-electron chi connectivity index (χ4n) is 1.37. The molecule has 2 nitrogen and oxygen atoms in total. The van der Waals surface area contributed by atoms with Crippen molar-refractivity contribution in [2.75, 3.05) is 13.2 Å². The average Bonchev–Trinajstić information content (AvgIpc) is 2.36. The molecule has 0 aromatic heterocycles. The predicted molar refractivity (Wildman–Crippen MR) is 96.6 cm³/mol. The zero-order valence-electron chi connectivity index (χ0n) is 11.1. The van der Waals surface area contributed by atoms with Crippen molar-refractivity contribution in [3.8, 4) is 0 Å². The van der Waals surface area contributed by atoms with Crippen molar-refractivity contribution in [3.05, 3.63) is 29.8 Å². The highest BCUT2D eigenvalue weighted by atomic mass is 80.0. The average molecular weight is 531 g/mol. The second kappa shape index (κ2) is 8.81. The van der Waals surface area contributed by atoms with Crippen molar-refractivity contribution in [1.82, 2.24) is 0 Å². The quantitative estimate of drug-likeness (QED) is 0.261. The van der Waals surface area contributed by atoms with Gasteiger partial charge < -0.3 is 9.05 Å². The number of rotatable bonds is 7. The summed E-state index contributed by atoms with van der Waals surface area (Å²) in [6.45, 7) is -0.577. The monoisotopic (exact) mass is 528 g/mol. The standard InChI is InChI=1S/C12H14Br3F2O2PS/c1-2-3-6-18-20(21,19-8-12(13,14)15)11-5-4-9(16)7-10(11)17/h4-5,7H,2-3,6,8H2,1H3. The largest absolute Gasteiger partial charge is 0.326 e. The maximum Gasteiger partial charge on any atom is 0.222 e. The van der Waals surface area contributed by atoms with Gasteiger partial charge >= 0.3 is 0 Å². The summed E-state index contributed by atoms with van der Waals surface area (Å²) in [5.74, 6) is -1.42. The minimum Gasteiger partial charge on any atom is -0.326 e. The third kappa shape index (κ3) is 7.02. The third-order valence-electron chi connectivity index (χ3n) is 2.36. The molecule has 1 unspecified atom stereocenters. The van der Waals surface area contributed by atoms with Gasteiger partial charge in [-0.2, -0.15) is 0 Å². The van der Waals surface area contributed by atoms with E-state index in [0.717, 1.165) is 25.0 Å². The maximum atomic E-state index is 14.0. The van der Waals surface area contributed by atoms with Crippen LogP contribution in [-0.4, -0.2) is 15.4 Å². The van der Waals surface area contributed by atoms with E-state index in [1.54, 1.807) is 0 Å². The molecule has 0 radical (unpaired) electrons. The van der Waals surface area contributed by atoms with Gasteiger partial charge in [0.2, 0.25) is 6.49 Å². The summed E-state index contributed by atoms with van der Waals surface area (Å²) in [5, 5.41) is 0.0896. The van der Waals surface area contributed by atoms with Gasteiger partial charge in [-0.05, 0) is 30.4 Å². The number of halogens is 5. The predicted octanol–water partition coefficient (Wildman–Crippen LogP) is 5.57. The molecule has 0 saturated carbocycles. The van der Waals surface area contributed by atoms with Gasteiger partial charge in [-0.3, -0.25) is 0 Å². The van der Waals surface area contributed by atoms with Crippen LogP contribution in [0.15, 0.2) is 18.2 Å². The molecule has 0 saturated heterocycles. The van der Waals surface area contributed by atoms with E-state index < -0.39 is 20.3 Å². The second-order valence-corrected chi connectivity index (χ2v) is 14.9. The summed E-state index contributed by atoms with van der Waals surface area (Å²) >= 11 is 15.3.